The van der Waals surface area contributed by atoms with Gasteiger partial charge >= 0.3 is 0 Å². The lowest BCUT2D eigenvalue weighted by Crippen LogP contribution is -1.97. The molecule has 1 unspecified atom stereocenters. The van der Waals surface area contributed by atoms with E-state index in [1.165, 1.54) is 13.2 Å². The predicted octanol–water partition coefficient (Wildman–Crippen LogP) is 2.00. The lowest BCUT2D eigenvalue weighted by atomic mass is 10.1. The molecule has 0 fully saturated rings. The summed E-state index contributed by atoms with van der Waals surface area (Å²) >= 11 is -2.37. The van der Waals surface area contributed by atoms with Gasteiger partial charge in [0.1, 0.15) is 10.8 Å². The molecule has 0 saturated heterocycles. The smallest absolute Gasteiger partial charge is 0.123 e. The van der Waals surface area contributed by atoms with E-state index in [0.717, 1.165) is 5.56 Å². The first kappa shape index (κ1) is 11.8. The maximum absolute atomic E-state index is 10.9. The normalized spacial score (nSPS) is 12.1. The minimum atomic E-state index is -2.37. The molecular weight excluding hydrogens is 238 g/mol. The highest BCUT2D eigenvalue weighted by atomic mass is 32.2. The fraction of sp³-hybridized carbons (Fsp3) is 0.0833. The lowest BCUT2D eigenvalue weighted by Gasteiger charge is -2.09. The Morgan fingerprint density at radius 1 is 1.24 bits per heavy atom. The van der Waals surface area contributed by atoms with Crippen molar-refractivity contribution in [3.05, 3.63) is 42.5 Å². The summed E-state index contributed by atoms with van der Waals surface area (Å²) < 4.78 is 26.9. The molecule has 4 nitrogen and oxygen atoms in total. The van der Waals surface area contributed by atoms with Crippen molar-refractivity contribution in [2.75, 3.05) is 7.11 Å². The van der Waals surface area contributed by atoms with Crippen molar-refractivity contribution >= 4 is 11.1 Å². The van der Waals surface area contributed by atoms with Gasteiger partial charge in [-0.3, -0.25) is 4.21 Å². The third-order valence-electron chi connectivity index (χ3n) is 2.25. The number of pyridine rings is 1. The summed E-state index contributed by atoms with van der Waals surface area (Å²) in [5.41, 5.74) is 1.42. The summed E-state index contributed by atoms with van der Waals surface area (Å²) in [5, 5.41) is -0.0248. The van der Waals surface area contributed by atoms with Crippen molar-refractivity contribution in [1.82, 2.24) is 4.98 Å². The number of ether oxygens (including phenoxy) is 1. The molecule has 1 aromatic heterocycles. The van der Waals surface area contributed by atoms with E-state index in [2.05, 4.69) is 4.98 Å². The Bertz CT molecular complexity index is 543. The quantitative estimate of drug-likeness (QED) is 0.779. The van der Waals surface area contributed by atoms with Gasteiger partial charge in [0.25, 0.3) is 0 Å². The molecule has 0 N–H and O–H groups in total. The number of rotatable bonds is 3. The standard InChI is InChI=1S/C12H11NO3S/c1-16-10-7-11(9-5-3-2-4-6-9)13-12(8-10)17(14)15/h2-8H,1H3,(H,14,15)/p-1. The lowest BCUT2D eigenvalue weighted by molar-refractivity contribution is 0.412. The van der Waals surface area contributed by atoms with Crippen molar-refractivity contribution < 1.29 is 13.5 Å². The van der Waals surface area contributed by atoms with E-state index >= 15 is 0 Å². The van der Waals surface area contributed by atoms with Crippen LogP contribution in [-0.4, -0.2) is 20.9 Å². The molecule has 0 bridgehead atoms. The minimum absolute atomic E-state index is 0.0248. The molecule has 5 heteroatoms. The first-order valence-corrected chi connectivity index (χ1v) is 5.99. The highest BCUT2D eigenvalue weighted by Crippen LogP contribution is 2.23. The van der Waals surface area contributed by atoms with Gasteiger partial charge in [-0.2, -0.15) is 0 Å². The second kappa shape index (κ2) is 5.07. The summed E-state index contributed by atoms with van der Waals surface area (Å²) in [7, 11) is 1.49. The summed E-state index contributed by atoms with van der Waals surface area (Å²) in [5.74, 6) is 0.470. The van der Waals surface area contributed by atoms with Crippen molar-refractivity contribution in [3.8, 4) is 17.0 Å². The molecule has 2 rings (SSSR count). The SMILES string of the molecule is COc1cc(-c2ccccc2)nc(S(=O)[O-])c1. The van der Waals surface area contributed by atoms with E-state index in [1.54, 1.807) is 6.07 Å². The van der Waals surface area contributed by atoms with Crippen LogP contribution in [0.1, 0.15) is 0 Å². The summed E-state index contributed by atoms with van der Waals surface area (Å²) in [4.78, 5) is 4.06. The Kier molecular flexibility index (Phi) is 3.51. The van der Waals surface area contributed by atoms with Crippen molar-refractivity contribution in [3.63, 3.8) is 0 Å². The molecule has 1 heterocycles. The average molecular weight is 248 g/mol. The summed E-state index contributed by atoms with van der Waals surface area (Å²) in [6.07, 6.45) is 0. The van der Waals surface area contributed by atoms with Gasteiger partial charge in [-0.15, -0.1) is 0 Å². The van der Waals surface area contributed by atoms with E-state index in [1.807, 2.05) is 30.3 Å². The Balaban J connectivity index is 2.54. The number of hydrogen-bond donors (Lipinski definition) is 0. The van der Waals surface area contributed by atoms with Gasteiger partial charge in [-0.1, -0.05) is 30.3 Å². The molecular formula is C12H10NO3S-. The Morgan fingerprint density at radius 2 is 1.94 bits per heavy atom. The van der Waals surface area contributed by atoms with E-state index < -0.39 is 11.1 Å². The fourth-order valence-corrected chi connectivity index (χ4v) is 1.83. The van der Waals surface area contributed by atoms with Gasteiger partial charge in [0, 0.05) is 17.7 Å². The third kappa shape index (κ3) is 2.69. The van der Waals surface area contributed by atoms with Crippen LogP contribution in [-0.2, 0) is 11.1 Å². The zero-order valence-electron chi connectivity index (χ0n) is 9.12. The van der Waals surface area contributed by atoms with Crippen molar-refractivity contribution in [1.29, 1.82) is 0 Å². The third-order valence-corrected chi connectivity index (χ3v) is 2.80. The Labute approximate surface area is 102 Å². The minimum Gasteiger partial charge on any atom is -0.767 e. The Morgan fingerprint density at radius 3 is 2.53 bits per heavy atom. The number of methoxy groups -OCH3 is 1. The molecule has 0 aliphatic rings. The van der Waals surface area contributed by atoms with E-state index in [9.17, 15) is 8.76 Å². The van der Waals surface area contributed by atoms with Crippen LogP contribution in [0.4, 0.5) is 0 Å². The molecule has 2 aromatic rings. The maximum Gasteiger partial charge on any atom is 0.123 e. The highest BCUT2D eigenvalue weighted by molar-refractivity contribution is 7.79. The average Bonchev–Trinajstić information content (AvgIpc) is 2.39. The Hall–Kier alpha value is -1.72. The van der Waals surface area contributed by atoms with Crippen LogP contribution in [0, 0.1) is 0 Å². The van der Waals surface area contributed by atoms with Crippen LogP contribution in [0.25, 0.3) is 11.3 Å². The molecule has 0 radical (unpaired) electrons. The number of hydrogen-bond acceptors (Lipinski definition) is 4. The second-order valence-corrected chi connectivity index (χ2v) is 4.22. The number of nitrogens with zero attached hydrogens (tertiary/aromatic N) is 1. The topological polar surface area (TPSA) is 62.2 Å². The highest BCUT2D eigenvalue weighted by Gasteiger charge is 2.05. The summed E-state index contributed by atoms with van der Waals surface area (Å²) in [6, 6.07) is 12.4. The zero-order valence-corrected chi connectivity index (χ0v) is 9.94. The van der Waals surface area contributed by atoms with Crippen LogP contribution in [0.3, 0.4) is 0 Å². The van der Waals surface area contributed by atoms with Gasteiger partial charge in [-0.05, 0) is 11.1 Å². The fourth-order valence-electron chi connectivity index (χ4n) is 1.44. The molecule has 1 atom stereocenters. The first-order chi connectivity index (χ1) is 8.20. The summed E-state index contributed by atoms with van der Waals surface area (Å²) in [6.45, 7) is 0. The van der Waals surface area contributed by atoms with Gasteiger partial charge in [-0.25, -0.2) is 4.98 Å². The van der Waals surface area contributed by atoms with E-state index in [4.69, 9.17) is 4.74 Å². The molecule has 0 spiro atoms. The van der Waals surface area contributed by atoms with Gasteiger partial charge in [0.2, 0.25) is 0 Å². The number of benzene rings is 1. The molecule has 0 saturated carbocycles. The van der Waals surface area contributed by atoms with Gasteiger partial charge in [0.05, 0.1) is 12.8 Å². The number of aromatic nitrogens is 1. The van der Waals surface area contributed by atoms with Gasteiger partial charge in [0.15, 0.2) is 0 Å². The van der Waals surface area contributed by atoms with Crippen LogP contribution >= 0.6 is 0 Å². The van der Waals surface area contributed by atoms with Crippen LogP contribution < -0.4 is 4.74 Å². The van der Waals surface area contributed by atoms with E-state index in [0.29, 0.717) is 11.4 Å². The van der Waals surface area contributed by atoms with Gasteiger partial charge < -0.3 is 9.29 Å². The second-order valence-electron chi connectivity index (χ2n) is 3.33. The van der Waals surface area contributed by atoms with Crippen molar-refractivity contribution in [2.45, 2.75) is 5.03 Å². The van der Waals surface area contributed by atoms with E-state index in [-0.39, 0.29) is 5.03 Å². The molecule has 1 aromatic carbocycles. The van der Waals surface area contributed by atoms with Crippen LogP contribution in [0.2, 0.25) is 0 Å². The maximum atomic E-state index is 10.9. The molecule has 17 heavy (non-hydrogen) atoms. The monoisotopic (exact) mass is 248 g/mol. The predicted molar refractivity (Wildman–Crippen MR) is 63.4 cm³/mol. The van der Waals surface area contributed by atoms with Crippen LogP contribution in [0.15, 0.2) is 47.5 Å². The zero-order chi connectivity index (χ0) is 12.3. The van der Waals surface area contributed by atoms with Crippen LogP contribution in [0.5, 0.6) is 5.75 Å². The molecule has 0 amide bonds. The largest absolute Gasteiger partial charge is 0.767 e. The molecule has 0 aliphatic carbocycles. The molecule has 88 valence electrons. The first-order valence-electron chi connectivity index (χ1n) is 4.91. The molecule has 0 aliphatic heterocycles. The van der Waals surface area contributed by atoms with Crippen molar-refractivity contribution in [2.24, 2.45) is 0 Å².